The highest BCUT2D eigenvalue weighted by atomic mass is 79.9. The molecule has 0 saturated heterocycles. The standard InChI is InChI=1S/C17H16BrNO/c18-14-7-9-15(10-8-14)19-16(20)17(11-4-12-17)13-5-2-1-3-6-13/h1-3,5-10H,4,11-12H2,(H,19,20). The summed E-state index contributed by atoms with van der Waals surface area (Å²) in [4.78, 5) is 12.7. The van der Waals surface area contributed by atoms with E-state index in [-0.39, 0.29) is 11.3 Å². The van der Waals surface area contributed by atoms with Crippen molar-refractivity contribution in [2.45, 2.75) is 24.7 Å². The fourth-order valence-corrected chi connectivity index (χ4v) is 2.98. The van der Waals surface area contributed by atoms with Crippen LogP contribution in [0, 0.1) is 0 Å². The average molecular weight is 330 g/mol. The van der Waals surface area contributed by atoms with Crippen LogP contribution in [0.2, 0.25) is 0 Å². The minimum absolute atomic E-state index is 0.109. The Balaban J connectivity index is 1.83. The summed E-state index contributed by atoms with van der Waals surface area (Å²) in [6.07, 6.45) is 2.97. The van der Waals surface area contributed by atoms with E-state index in [1.165, 1.54) is 0 Å². The summed E-state index contributed by atoms with van der Waals surface area (Å²) in [6.45, 7) is 0. The van der Waals surface area contributed by atoms with Gasteiger partial charge < -0.3 is 5.32 Å². The molecule has 0 bridgehead atoms. The van der Waals surface area contributed by atoms with Crippen LogP contribution in [0.15, 0.2) is 59.1 Å². The second-order valence-electron chi connectivity index (χ2n) is 5.26. The normalized spacial score (nSPS) is 16.2. The summed E-state index contributed by atoms with van der Waals surface area (Å²) in [5.74, 6) is 0.109. The first-order valence-corrected chi connectivity index (χ1v) is 7.63. The van der Waals surface area contributed by atoms with Crippen molar-refractivity contribution >= 4 is 27.5 Å². The summed E-state index contributed by atoms with van der Waals surface area (Å²) in [7, 11) is 0. The van der Waals surface area contributed by atoms with Crippen molar-refractivity contribution in [3.8, 4) is 0 Å². The molecule has 0 spiro atoms. The van der Waals surface area contributed by atoms with Gasteiger partial charge in [-0.1, -0.05) is 52.7 Å². The van der Waals surface area contributed by atoms with Gasteiger partial charge in [0.05, 0.1) is 5.41 Å². The Bertz CT molecular complexity index is 603. The fourth-order valence-electron chi connectivity index (χ4n) is 2.72. The van der Waals surface area contributed by atoms with Crippen molar-refractivity contribution < 1.29 is 4.79 Å². The quantitative estimate of drug-likeness (QED) is 0.881. The molecule has 3 rings (SSSR count). The molecule has 0 heterocycles. The molecule has 1 amide bonds. The molecule has 3 heteroatoms. The van der Waals surface area contributed by atoms with E-state index in [0.717, 1.165) is 35.0 Å². The van der Waals surface area contributed by atoms with Crippen molar-refractivity contribution in [2.75, 3.05) is 5.32 Å². The Hall–Kier alpha value is -1.61. The SMILES string of the molecule is O=C(Nc1ccc(Br)cc1)C1(c2ccccc2)CCC1. The lowest BCUT2D eigenvalue weighted by Crippen LogP contribution is -2.45. The highest BCUT2D eigenvalue weighted by Gasteiger charge is 2.45. The third-order valence-electron chi connectivity index (χ3n) is 4.07. The van der Waals surface area contributed by atoms with E-state index >= 15 is 0 Å². The Morgan fingerprint density at radius 2 is 1.65 bits per heavy atom. The lowest BCUT2D eigenvalue weighted by atomic mass is 9.64. The van der Waals surface area contributed by atoms with E-state index in [2.05, 4.69) is 33.4 Å². The van der Waals surface area contributed by atoms with Crippen molar-refractivity contribution in [3.63, 3.8) is 0 Å². The molecule has 2 aromatic carbocycles. The van der Waals surface area contributed by atoms with Crippen LogP contribution in [-0.4, -0.2) is 5.91 Å². The van der Waals surface area contributed by atoms with Crippen molar-refractivity contribution in [1.82, 2.24) is 0 Å². The number of nitrogens with one attached hydrogen (secondary N) is 1. The van der Waals surface area contributed by atoms with Gasteiger partial charge in [0.2, 0.25) is 5.91 Å². The average Bonchev–Trinajstić information content (AvgIpc) is 2.41. The van der Waals surface area contributed by atoms with E-state index in [1.807, 2.05) is 42.5 Å². The molecular weight excluding hydrogens is 314 g/mol. The topological polar surface area (TPSA) is 29.1 Å². The lowest BCUT2D eigenvalue weighted by Gasteiger charge is -2.40. The number of carbonyl (C=O) groups is 1. The van der Waals surface area contributed by atoms with Crippen LogP contribution in [0.25, 0.3) is 0 Å². The number of benzene rings is 2. The number of rotatable bonds is 3. The Labute approximate surface area is 127 Å². The van der Waals surface area contributed by atoms with Crippen LogP contribution in [0.4, 0.5) is 5.69 Å². The van der Waals surface area contributed by atoms with Crippen LogP contribution in [0.3, 0.4) is 0 Å². The molecular formula is C17H16BrNO. The van der Waals surface area contributed by atoms with E-state index in [9.17, 15) is 4.79 Å². The van der Waals surface area contributed by atoms with E-state index in [0.29, 0.717) is 0 Å². The molecule has 0 unspecified atom stereocenters. The maximum atomic E-state index is 12.7. The van der Waals surface area contributed by atoms with Gasteiger partial charge in [0, 0.05) is 10.2 Å². The molecule has 0 atom stereocenters. The van der Waals surface area contributed by atoms with Crippen molar-refractivity contribution in [1.29, 1.82) is 0 Å². The molecule has 1 aliphatic rings. The summed E-state index contributed by atoms with van der Waals surface area (Å²) < 4.78 is 1.01. The zero-order valence-electron chi connectivity index (χ0n) is 11.1. The molecule has 0 aliphatic heterocycles. The number of amides is 1. The summed E-state index contributed by atoms with van der Waals surface area (Å²) in [5.41, 5.74) is 1.63. The third kappa shape index (κ3) is 2.38. The molecule has 1 fully saturated rings. The van der Waals surface area contributed by atoms with Crippen molar-refractivity contribution in [2.24, 2.45) is 0 Å². The van der Waals surface area contributed by atoms with Crippen LogP contribution in [0.5, 0.6) is 0 Å². The van der Waals surface area contributed by atoms with Gasteiger partial charge >= 0.3 is 0 Å². The Morgan fingerprint density at radius 3 is 2.20 bits per heavy atom. The van der Waals surface area contributed by atoms with E-state index < -0.39 is 0 Å². The third-order valence-corrected chi connectivity index (χ3v) is 4.60. The second kappa shape index (κ2) is 5.41. The van der Waals surface area contributed by atoms with Gasteiger partial charge in [-0.2, -0.15) is 0 Å². The predicted molar refractivity (Wildman–Crippen MR) is 84.7 cm³/mol. The maximum Gasteiger partial charge on any atom is 0.235 e. The highest BCUT2D eigenvalue weighted by molar-refractivity contribution is 9.10. The van der Waals surface area contributed by atoms with Crippen LogP contribution in [-0.2, 0) is 10.2 Å². The first kappa shape index (κ1) is 13.4. The summed E-state index contributed by atoms with van der Waals surface area (Å²) in [5, 5.41) is 3.05. The smallest absolute Gasteiger partial charge is 0.235 e. The van der Waals surface area contributed by atoms with Crippen LogP contribution < -0.4 is 5.32 Å². The Morgan fingerprint density at radius 1 is 1.00 bits per heavy atom. The first-order chi connectivity index (χ1) is 9.71. The highest BCUT2D eigenvalue weighted by Crippen LogP contribution is 2.44. The molecule has 2 nitrogen and oxygen atoms in total. The van der Waals surface area contributed by atoms with Crippen LogP contribution in [0.1, 0.15) is 24.8 Å². The molecule has 20 heavy (non-hydrogen) atoms. The second-order valence-corrected chi connectivity index (χ2v) is 6.18. The van der Waals surface area contributed by atoms with Gasteiger partial charge in [-0.3, -0.25) is 4.79 Å². The number of hydrogen-bond acceptors (Lipinski definition) is 1. The van der Waals surface area contributed by atoms with Gasteiger partial charge in [-0.05, 0) is 42.7 Å². The molecule has 2 aromatic rings. The molecule has 1 N–H and O–H groups in total. The largest absolute Gasteiger partial charge is 0.325 e. The number of anilines is 1. The number of halogens is 1. The molecule has 1 saturated carbocycles. The fraction of sp³-hybridized carbons (Fsp3) is 0.235. The molecule has 0 aromatic heterocycles. The molecule has 0 radical (unpaired) electrons. The summed E-state index contributed by atoms with van der Waals surface area (Å²) >= 11 is 3.40. The zero-order valence-corrected chi connectivity index (χ0v) is 12.7. The maximum absolute atomic E-state index is 12.7. The van der Waals surface area contributed by atoms with Crippen molar-refractivity contribution in [3.05, 3.63) is 64.6 Å². The number of carbonyl (C=O) groups excluding carboxylic acids is 1. The predicted octanol–water partition coefficient (Wildman–Crippen LogP) is 4.51. The summed E-state index contributed by atoms with van der Waals surface area (Å²) in [6, 6.07) is 17.8. The number of hydrogen-bond donors (Lipinski definition) is 1. The van der Waals surface area contributed by atoms with E-state index in [1.54, 1.807) is 0 Å². The monoisotopic (exact) mass is 329 g/mol. The molecule has 102 valence electrons. The van der Waals surface area contributed by atoms with Crippen LogP contribution >= 0.6 is 15.9 Å². The van der Waals surface area contributed by atoms with Gasteiger partial charge in [0.25, 0.3) is 0 Å². The van der Waals surface area contributed by atoms with Gasteiger partial charge in [-0.25, -0.2) is 0 Å². The van der Waals surface area contributed by atoms with Gasteiger partial charge in [0.15, 0.2) is 0 Å². The Kier molecular flexibility index (Phi) is 3.62. The van der Waals surface area contributed by atoms with Gasteiger partial charge in [0.1, 0.15) is 0 Å². The molecule has 1 aliphatic carbocycles. The minimum Gasteiger partial charge on any atom is -0.325 e. The van der Waals surface area contributed by atoms with Gasteiger partial charge in [-0.15, -0.1) is 0 Å². The first-order valence-electron chi connectivity index (χ1n) is 6.83. The van der Waals surface area contributed by atoms with E-state index in [4.69, 9.17) is 0 Å². The lowest BCUT2D eigenvalue weighted by molar-refractivity contribution is -0.124. The minimum atomic E-state index is -0.339. The zero-order chi connectivity index (χ0) is 14.0.